The monoisotopic (exact) mass is 284 g/mol. The number of rotatable bonds is 2. The summed E-state index contributed by atoms with van der Waals surface area (Å²) >= 11 is 0. The molecule has 1 aromatic carbocycles. The predicted molar refractivity (Wildman–Crippen MR) is 92.0 cm³/mol. The van der Waals surface area contributed by atoms with Crippen LogP contribution in [-0.2, 0) is 0 Å². The Morgan fingerprint density at radius 1 is 0.762 bits per heavy atom. The topological polar surface area (TPSA) is 0 Å². The first-order valence-electron chi connectivity index (χ1n) is 9.35. The number of benzene rings is 1. The third-order valence-corrected chi connectivity index (χ3v) is 6.09. The van der Waals surface area contributed by atoms with Crippen molar-refractivity contribution in [3.05, 3.63) is 34.9 Å². The van der Waals surface area contributed by atoms with Crippen LogP contribution in [0.3, 0.4) is 0 Å². The van der Waals surface area contributed by atoms with Gasteiger partial charge in [0, 0.05) is 0 Å². The predicted octanol–water partition coefficient (Wildman–Crippen LogP) is 6.73. The molecule has 0 bridgehead atoms. The van der Waals surface area contributed by atoms with Gasteiger partial charge >= 0.3 is 0 Å². The largest absolute Gasteiger partial charge is 0.0625 e. The molecule has 0 heteroatoms. The Kier molecular flexibility index (Phi) is 5.03. The molecule has 2 unspecified atom stereocenters. The molecule has 2 aliphatic carbocycles. The van der Waals surface area contributed by atoms with Gasteiger partial charge in [-0.1, -0.05) is 63.6 Å². The first-order valence-corrected chi connectivity index (χ1v) is 9.35. The maximum absolute atomic E-state index is 2.44. The summed E-state index contributed by atoms with van der Waals surface area (Å²) in [7, 11) is 0. The van der Waals surface area contributed by atoms with E-state index in [0.29, 0.717) is 0 Å². The van der Waals surface area contributed by atoms with Crippen molar-refractivity contribution in [1.82, 2.24) is 0 Å². The van der Waals surface area contributed by atoms with Crippen LogP contribution in [0, 0.1) is 12.8 Å². The SMILES string of the molecule is Cc1c(C2CCCCCC2)cccc1C1CCCC(C)C1. The Hall–Kier alpha value is -0.780. The van der Waals surface area contributed by atoms with Crippen LogP contribution in [0.15, 0.2) is 18.2 Å². The van der Waals surface area contributed by atoms with E-state index < -0.39 is 0 Å². The first-order chi connectivity index (χ1) is 10.3. The molecule has 2 aliphatic rings. The van der Waals surface area contributed by atoms with Gasteiger partial charge in [0.25, 0.3) is 0 Å². The molecule has 0 aliphatic heterocycles. The van der Waals surface area contributed by atoms with E-state index in [1.165, 1.54) is 64.2 Å². The van der Waals surface area contributed by atoms with Crippen molar-refractivity contribution in [2.45, 2.75) is 89.9 Å². The third-order valence-electron chi connectivity index (χ3n) is 6.09. The molecule has 3 rings (SSSR count). The highest BCUT2D eigenvalue weighted by atomic mass is 14.3. The minimum atomic E-state index is 0.833. The Bertz CT molecular complexity index is 431. The van der Waals surface area contributed by atoms with Gasteiger partial charge in [0.2, 0.25) is 0 Å². The lowest BCUT2D eigenvalue weighted by Crippen LogP contribution is -2.14. The van der Waals surface area contributed by atoms with Crippen LogP contribution >= 0.6 is 0 Å². The summed E-state index contributed by atoms with van der Waals surface area (Å²) in [6, 6.07) is 7.21. The summed E-state index contributed by atoms with van der Waals surface area (Å²) in [6.07, 6.45) is 14.3. The molecule has 0 radical (unpaired) electrons. The normalized spacial score (nSPS) is 28.3. The Morgan fingerprint density at radius 3 is 2.05 bits per heavy atom. The van der Waals surface area contributed by atoms with E-state index in [-0.39, 0.29) is 0 Å². The molecule has 2 saturated carbocycles. The van der Waals surface area contributed by atoms with E-state index in [4.69, 9.17) is 0 Å². The lowest BCUT2D eigenvalue weighted by Gasteiger charge is -2.30. The fraction of sp³-hybridized carbons (Fsp3) is 0.714. The number of hydrogen-bond acceptors (Lipinski definition) is 0. The molecular weight excluding hydrogens is 252 g/mol. The van der Waals surface area contributed by atoms with Crippen LogP contribution < -0.4 is 0 Å². The molecule has 0 nitrogen and oxygen atoms in total. The second-order valence-corrected chi connectivity index (χ2v) is 7.72. The smallest absolute Gasteiger partial charge is 0.0157 e. The van der Waals surface area contributed by atoms with Gasteiger partial charge < -0.3 is 0 Å². The molecule has 2 fully saturated rings. The molecule has 0 spiro atoms. The fourth-order valence-corrected chi connectivity index (χ4v) is 4.86. The van der Waals surface area contributed by atoms with Crippen molar-refractivity contribution in [2.24, 2.45) is 5.92 Å². The summed E-state index contributed by atoms with van der Waals surface area (Å²) in [5.74, 6) is 2.60. The van der Waals surface area contributed by atoms with Gasteiger partial charge in [-0.25, -0.2) is 0 Å². The van der Waals surface area contributed by atoms with Gasteiger partial charge in [0.15, 0.2) is 0 Å². The van der Waals surface area contributed by atoms with Crippen molar-refractivity contribution >= 4 is 0 Å². The van der Waals surface area contributed by atoms with Crippen LogP contribution in [0.1, 0.15) is 99.7 Å². The molecule has 0 amide bonds. The average Bonchev–Trinajstić information content (AvgIpc) is 2.76. The standard InChI is InChI=1S/C21H32/c1-16-9-7-12-19(15-16)21-14-8-13-20(17(21)2)18-10-5-3-4-6-11-18/h8,13-14,16,18-19H,3-7,9-12,15H2,1-2H3. The number of hydrogen-bond donors (Lipinski definition) is 0. The van der Waals surface area contributed by atoms with Gasteiger partial charge in [-0.05, 0) is 67.1 Å². The van der Waals surface area contributed by atoms with Crippen LogP contribution in [-0.4, -0.2) is 0 Å². The summed E-state index contributed by atoms with van der Waals surface area (Å²) in [5.41, 5.74) is 5.01. The quantitative estimate of drug-likeness (QED) is 0.528. The molecule has 0 aromatic heterocycles. The van der Waals surface area contributed by atoms with E-state index in [2.05, 4.69) is 32.0 Å². The van der Waals surface area contributed by atoms with Crippen molar-refractivity contribution in [1.29, 1.82) is 0 Å². The van der Waals surface area contributed by atoms with Crippen LogP contribution in [0.25, 0.3) is 0 Å². The van der Waals surface area contributed by atoms with Crippen molar-refractivity contribution in [3.63, 3.8) is 0 Å². The fourth-order valence-electron chi connectivity index (χ4n) is 4.86. The third kappa shape index (κ3) is 3.52. The molecule has 2 atom stereocenters. The Balaban J connectivity index is 1.83. The first kappa shape index (κ1) is 15.1. The van der Waals surface area contributed by atoms with Gasteiger partial charge in [-0.15, -0.1) is 0 Å². The van der Waals surface area contributed by atoms with Gasteiger partial charge in [0.05, 0.1) is 0 Å². The summed E-state index contributed by atoms with van der Waals surface area (Å²) in [6.45, 7) is 4.85. The van der Waals surface area contributed by atoms with Gasteiger partial charge in [-0.3, -0.25) is 0 Å². The van der Waals surface area contributed by atoms with Gasteiger partial charge in [-0.2, -0.15) is 0 Å². The van der Waals surface area contributed by atoms with E-state index in [9.17, 15) is 0 Å². The minimum absolute atomic E-state index is 0.833. The molecule has 0 saturated heterocycles. The Morgan fingerprint density at radius 2 is 1.38 bits per heavy atom. The van der Waals surface area contributed by atoms with Crippen LogP contribution in [0.4, 0.5) is 0 Å². The van der Waals surface area contributed by atoms with E-state index >= 15 is 0 Å². The van der Waals surface area contributed by atoms with Crippen LogP contribution in [0.5, 0.6) is 0 Å². The highest BCUT2D eigenvalue weighted by Gasteiger charge is 2.24. The highest BCUT2D eigenvalue weighted by Crippen LogP contribution is 2.40. The van der Waals surface area contributed by atoms with E-state index in [1.807, 2.05) is 0 Å². The highest BCUT2D eigenvalue weighted by molar-refractivity contribution is 5.39. The summed E-state index contributed by atoms with van der Waals surface area (Å²) in [4.78, 5) is 0. The van der Waals surface area contributed by atoms with Crippen LogP contribution in [0.2, 0.25) is 0 Å². The maximum atomic E-state index is 2.44. The molecule has 1 aromatic rings. The van der Waals surface area contributed by atoms with Crippen molar-refractivity contribution in [3.8, 4) is 0 Å². The van der Waals surface area contributed by atoms with Gasteiger partial charge in [0.1, 0.15) is 0 Å². The lowest BCUT2D eigenvalue weighted by molar-refractivity contribution is 0.343. The lowest BCUT2D eigenvalue weighted by atomic mass is 9.76. The zero-order valence-electron chi connectivity index (χ0n) is 14.0. The minimum Gasteiger partial charge on any atom is -0.0625 e. The van der Waals surface area contributed by atoms with Crippen molar-refractivity contribution in [2.75, 3.05) is 0 Å². The van der Waals surface area contributed by atoms with Crippen molar-refractivity contribution < 1.29 is 0 Å². The second kappa shape index (κ2) is 6.99. The molecule has 21 heavy (non-hydrogen) atoms. The summed E-state index contributed by atoms with van der Waals surface area (Å²) < 4.78 is 0. The zero-order valence-corrected chi connectivity index (χ0v) is 14.0. The molecular formula is C21H32. The Labute approximate surface area is 131 Å². The second-order valence-electron chi connectivity index (χ2n) is 7.72. The molecule has 0 N–H and O–H groups in total. The van der Waals surface area contributed by atoms with E-state index in [1.54, 1.807) is 16.7 Å². The van der Waals surface area contributed by atoms with E-state index in [0.717, 1.165) is 17.8 Å². The molecule has 0 heterocycles. The maximum Gasteiger partial charge on any atom is -0.0157 e. The zero-order chi connectivity index (χ0) is 14.7. The average molecular weight is 284 g/mol. The molecule has 116 valence electrons. The summed E-state index contributed by atoms with van der Waals surface area (Å²) in [5, 5.41) is 0.